The summed E-state index contributed by atoms with van der Waals surface area (Å²) in [5.41, 5.74) is -0.237. The molecule has 0 amide bonds. The molecule has 16 heteroatoms. The van der Waals surface area contributed by atoms with Gasteiger partial charge in [-0.05, 0) is 109 Å². The summed E-state index contributed by atoms with van der Waals surface area (Å²) in [4.78, 5) is 14.5. The number of aliphatic hydroxyl groups excluding tert-OH is 9. The number of carbonyl (C=O) groups excluding carboxylic acids is 1. The van der Waals surface area contributed by atoms with E-state index in [1.54, 1.807) is 0 Å². The summed E-state index contributed by atoms with van der Waals surface area (Å²) >= 11 is 0. The molecule has 7 fully saturated rings. The van der Waals surface area contributed by atoms with Crippen LogP contribution in [0.4, 0.5) is 0 Å². The largest absolute Gasteiger partial charge is 0.432 e. The molecule has 3 aliphatic heterocycles. The standard InChI is InChI=1S/C46H74O16/c1-41(2)14-16-46(40(56)62-37-34(54)30(50)24(48)20-57-37)17-15-44(6)22(23(46)18-41)8-9-28-43(5)12-11-29(42(3,4)27(43)10-13-45(28,44)7)60-39-36(31(51)25(49)21-58-39)61-38-35(55)33(53)32(52)26(19-47)59-38/h8,23-39,47-55H,9-21H2,1-7H3/t23?,24-,25-,26-,27+,28-,29+,30+,31+,32-,33+,34-,35-,36-,37+,38+,39+,43+,44-,45-,46?/m1/s1. The average Bonchev–Trinajstić information content (AvgIpc) is 3.21. The first kappa shape index (κ1) is 47.2. The van der Waals surface area contributed by atoms with Crippen LogP contribution in [0.15, 0.2) is 11.6 Å². The monoisotopic (exact) mass is 882 g/mol. The fraction of sp³-hybridized carbons (Fsp3) is 0.935. The first-order valence-corrected chi connectivity index (χ1v) is 23.1. The van der Waals surface area contributed by atoms with Crippen molar-refractivity contribution in [1.82, 2.24) is 0 Å². The molecule has 9 N–H and O–H groups in total. The van der Waals surface area contributed by atoms with Gasteiger partial charge in [-0.1, -0.05) is 60.1 Å². The van der Waals surface area contributed by atoms with Gasteiger partial charge >= 0.3 is 5.97 Å². The number of fused-ring (bicyclic) bond motifs is 7. The van der Waals surface area contributed by atoms with E-state index in [9.17, 15) is 50.8 Å². The van der Waals surface area contributed by atoms with Gasteiger partial charge in [0, 0.05) is 0 Å². The molecule has 0 bridgehead atoms. The summed E-state index contributed by atoms with van der Waals surface area (Å²) in [6.07, 6.45) is -8.60. The van der Waals surface area contributed by atoms with E-state index in [0.29, 0.717) is 25.2 Å². The third-order valence-electron chi connectivity index (χ3n) is 18.5. The number of aliphatic hydroxyl groups is 9. The molecule has 354 valence electrons. The fourth-order valence-electron chi connectivity index (χ4n) is 14.5. The molecule has 0 spiro atoms. The quantitative estimate of drug-likeness (QED) is 0.0996. The minimum Gasteiger partial charge on any atom is -0.432 e. The Labute approximate surface area is 364 Å². The molecule has 3 saturated heterocycles. The van der Waals surface area contributed by atoms with E-state index in [1.165, 1.54) is 5.57 Å². The molecule has 62 heavy (non-hydrogen) atoms. The third-order valence-corrected chi connectivity index (χ3v) is 18.5. The van der Waals surface area contributed by atoms with E-state index >= 15 is 0 Å². The second kappa shape index (κ2) is 16.5. The van der Waals surface area contributed by atoms with Gasteiger partial charge in [0.05, 0.1) is 31.3 Å². The van der Waals surface area contributed by atoms with Crippen molar-refractivity contribution >= 4 is 5.97 Å². The van der Waals surface area contributed by atoms with Crippen LogP contribution in [-0.2, 0) is 33.2 Å². The maximum atomic E-state index is 14.5. The van der Waals surface area contributed by atoms with E-state index in [4.69, 9.17) is 28.4 Å². The minimum absolute atomic E-state index is 0.00640. The Hall–Kier alpha value is -1.35. The van der Waals surface area contributed by atoms with Gasteiger partial charge in [0.25, 0.3) is 0 Å². The lowest BCUT2D eigenvalue weighted by Gasteiger charge is -2.71. The minimum atomic E-state index is -1.72. The van der Waals surface area contributed by atoms with Gasteiger partial charge in [-0.15, -0.1) is 0 Å². The zero-order valence-electron chi connectivity index (χ0n) is 37.5. The summed E-state index contributed by atoms with van der Waals surface area (Å²) in [7, 11) is 0. The predicted octanol–water partition coefficient (Wildman–Crippen LogP) is 1.42. The highest BCUT2D eigenvalue weighted by Gasteiger charge is 2.70. The van der Waals surface area contributed by atoms with E-state index in [2.05, 4.69) is 54.5 Å². The maximum absolute atomic E-state index is 14.5. The van der Waals surface area contributed by atoms with Crippen LogP contribution in [-0.4, -0.2) is 158 Å². The predicted molar refractivity (Wildman–Crippen MR) is 218 cm³/mol. The Morgan fingerprint density at radius 1 is 0.694 bits per heavy atom. The van der Waals surface area contributed by atoms with Crippen LogP contribution in [0.25, 0.3) is 0 Å². The second-order valence-corrected chi connectivity index (χ2v) is 22.6. The van der Waals surface area contributed by atoms with Crippen LogP contribution >= 0.6 is 0 Å². The molecule has 0 aromatic carbocycles. The highest BCUT2D eigenvalue weighted by atomic mass is 16.8. The number of ether oxygens (including phenoxy) is 6. The van der Waals surface area contributed by atoms with Crippen molar-refractivity contribution in [2.75, 3.05) is 19.8 Å². The molecule has 5 aliphatic carbocycles. The van der Waals surface area contributed by atoms with E-state index in [-0.39, 0.29) is 58.2 Å². The smallest absolute Gasteiger partial charge is 0.315 e. The third kappa shape index (κ3) is 7.28. The Kier molecular flexibility index (Phi) is 12.5. The van der Waals surface area contributed by atoms with Crippen molar-refractivity contribution in [3.05, 3.63) is 11.6 Å². The number of allylic oxidation sites excluding steroid dienone is 2. The van der Waals surface area contributed by atoms with Gasteiger partial charge in [-0.25, -0.2) is 0 Å². The van der Waals surface area contributed by atoms with Crippen LogP contribution < -0.4 is 0 Å². The Balaban J connectivity index is 1.03. The van der Waals surface area contributed by atoms with Gasteiger partial charge in [-0.2, -0.15) is 0 Å². The molecule has 16 nitrogen and oxygen atoms in total. The molecular weight excluding hydrogens is 808 g/mol. The molecule has 4 saturated carbocycles. The average molecular weight is 883 g/mol. The van der Waals surface area contributed by atoms with Crippen LogP contribution in [0.2, 0.25) is 0 Å². The van der Waals surface area contributed by atoms with Crippen molar-refractivity contribution in [3.8, 4) is 0 Å². The molecule has 3 heterocycles. The van der Waals surface area contributed by atoms with Crippen molar-refractivity contribution in [2.24, 2.45) is 50.2 Å². The first-order valence-electron chi connectivity index (χ1n) is 23.1. The lowest BCUT2D eigenvalue weighted by molar-refractivity contribution is -0.367. The number of carbonyl (C=O) groups is 1. The van der Waals surface area contributed by atoms with Gasteiger partial charge in [0.2, 0.25) is 6.29 Å². The van der Waals surface area contributed by atoms with Gasteiger partial charge < -0.3 is 74.4 Å². The van der Waals surface area contributed by atoms with Crippen molar-refractivity contribution in [1.29, 1.82) is 0 Å². The molecule has 0 aromatic rings. The molecule has 21 atom stereocenters. The zero-order valence-corrected chi connectivity index (χ0v) is 37.5. The maximum Gasteiger partial charge on any atom is 0.315 e. The number of hydrogen-bond donors (Lipinski definition) is 9. The van der Waals surface area contributed by atoms with E-state index in [0.717, 1.165) is 44.9 Å². The van der Waals surface area contributed by atoms with Gasteiger partial charge in [0.1, 0.15) is 61.0 Å². The van der Waals surface area contributed by atoms with E-state index < -0.39 is 97.9 Å². The first-order chi connectivity index (χ1) is 29.0. The summed E-state index contributed by atoms with van der Waals surface area (Å²) < 4.78 is 35.9. The van der Waals surface area contributed by atoms with Crippen molar-refractivity contribution < 1.29 is 79.2 Å². The van der Waals surface area contributed by atoms with Gasteiger partial charge in [-0.3, -0.25) is 4.79 Å². The lowest BCUT2D eigenvalue weighted by Crippen LogP contribution is -2.66. The summed E-state index contributed by atoms with van der Waals surface area (Å²) in [5, 5.41) is 94.1. The summed E-state index contributed by atoms with van der Waals surface area (Å²) in [6.45, 7) is 15.2. The Morgan fingerprint density at radius 2 is 1.34 bits per heavy atom. The van der Waals surface area contributed by atoms with E-state index in [1.807, 2.05) is 0 Å². The SMILES string of the molecule is CC1(C)CCC2(C(=O)O[C@@H]3OC[C@@H](O)[C@H](O)[C@H]3O)CC[C@]3(C)C(=CC[C@@H]4[C@@]5(C)CC[C@H](O[C@@H]6OC[C@@H](O)[C@H](O)[C@H]6O[C@@H]6O[C@H](CO)[C@@H](O)[C@H](O)[C@H]6O)C(C)(C)[C@@H]5CC[C@]43C)C2C1. The summed E-state index contributed by atoms with van der Waals surface area (Å²) in [6, 6.07) is 0. The zero-order chi connectivity index (χ0) is 45.1. The Bertz CT molecular complexity index is 1690. The molecule has 0 radical (unpaired) electrons. The highest BCUT2D eigenvalue weighted by Crippen LogP contribution is 2.76. The molecule has 2 unspecified atom stereocenters. The molecule has 0 aromatic heterocycles. The summed E-state index contributed by atoms with van der Waals surface area (Å²) in [5.74, 6) is 0.0838. The van der Waals surface area contributed by atoms with Gasteiger partial charge in [0.15, 0.2) is 12.6 Å². The normalized spacial score (nSPS) is 53.5. The highest BCUT2D eigenvalue weighted by molar-refractivity contribution is 5.79. The van der Waals surface area contributed by atoms with Crippen molar-refractivity contribution in [3.63, 3.8) is 0 Å². The van der Waals surface area contributed by atoms with Crippen LogP contribution in [0, 0.1) is 50.2 Å². The Morgan fingerprint density at radius 3 is 2.03 bits per heavy atom. The second-order valence-electron chi connectivity index (χ2n) is 22.6. The number of hydrogen-bond acceptors (Lipinski definition) is 16. The lowest BCUT2D eigenvalue weighted by atomic mass is 9.33. The van der Waals surface area contributed by atoms with Crippen LogP contribution in [0.5, 0.6) is 0 Å². The number of rotatable bonds is 7. The topological polar surface area (TPSA) is 255 Å². The van der Waals surface area contributed by atoms with Crippen LogP contribution in [0.1, 0.15) is 113 Å². The van der Waals surface area contributed by atoms with Crippen molar-refractivity contribution in [2.45, 2.75) is 199 Å². The molecule has 8 rings (SSSR count). The van der Waals surface area contributed by atoms with Crippen LogP contribution in [0.3, 0.4) is 0 Å². The molecular formula is C46H74O16. The molecule has 8 aliphatic rings. The number of esters is 1. The fourth-order valence-corrected chi connectivity index (χ4v) is 14.5.